The van der Waals surface area contributed by atoms with Crippen molar-refractivity contribution in [3.8, 4) is 68.2 Å². The molecule has 61 heavy (non-hydrogen) atoms. The normalized spacial score (nSPS) is 12.1. The highest BCUT2D eigenvalue weighted by atomic mass is 16.5. The molecule has 4 heterocycles. The second-order valence-corrected chi connectivity index (χ2v) is 15.6. The molecule has 284 valence electrons. The van der Waals surface area contributed by atoms with E-state index in [4.69, 9.17) is 19.7 Å². The lowest BCUT2D eigenvalue weighted by molar-refractivity contribution is 0.487. The summed E-state index contributed by atoms with van der Waals surface area (Å²) in [7, 11) is 0. The molecule has 0 unspecified atom stereocenters. The number of ether oxygens (including phenoxy) is 1. The topological polar surface area (TPSA) is 57.8 Å². The van der Waals surface area contributed by atoms with E-state index in [2.05, 4.69) is 143 Å². The molecule has 0 radical (unpaired) electrons. The molecule has 12 aromatic rings. The Hall–Kier alpha value is -8.35. The van der Waals surface area contributed by atoms with E-state index in [1.807, 2.05) is 66.7 Å². The van der Waals surface area contributed by atoms with Crippen LogP contribution in [0.25, 0.3) is 111 Å². The first-order valence-electron chi connectivity index (χ1n) is 20.5. The second kappa shape index (κ2) is 13.1. The zero-order valence-corrected chi connectivity index (χ0v) is 32.7. The fourth-order valence-corrected chi connectivity index (χ4v) is 9.45. The second-order valence-electron chi connectivity index (χ2n) is 15.6. The lowest BCUT2D eigenvalue weighted by Crippen LogP contribution is -2.06. The van der Waals surface area contributed by atoms with Crippen LogP contribution < -0.4 is 4.74 Å². The minimum Gasteiger partial charge on any atom is -0.456 e. The largest absolute Gasteiger partial charge is 0.456 e. The molecule has 0 saturated heterocycles. The van der Waals surface area contributed by atoms with Gasteiger partial charge in [0, 0.05) is 55.4 Å². The molecule has 13 rings (SSSR count). The summed E-state index contributed by atoms with van der Waals surface area (Å²) in [5, 5.41) is 6.97. The number of aromatic nitrogens is 5. The summed E-state index contributed by atoms with van der Waals surface area (Å²) < 4.78 is 11.2. The molecule has 0 atom stereocenters. The minimum atomic E-state index is 0.576. The molecule has 6 heteroatoms. The molecule has 3 aromatic heterocycles. The third-order valence-electron chi connectivity index (χ3n) is 12.2. The van der Waals surface area contributed by atoms with Crippen molar-refractivity contribution in [1.82, 2.24) is 24.1 Å². The summed E-state index contributed by atoms with van der Waals surface area (Å²) in [5.41, 5.74) is 11.9. The predicted molar refractivity (Wildman–Crippen MR) is 248 cm³/mol. The Balaban J connectivity index is 1.03. The summed E-state index contributed by atoms with van der Waals surface area (Å²) in [6.45, 7) is 0. The number of hydrogen-bond acceptors (Lipinski definition) is 4. The number of para-hydroxylation sites is 3. The van der Waals surface area contributed by atoms with Crippen molar-refractivity contribution in [1.29, 1.82) is 0 Å². The van der Waals surface area contributed by atoms with Gasteiger partial charge >= 0.3 is 0 Å². The zero-order valence-electron chi connectivity index (χ0n) is 32.7. The van der Waals surface area contributed by atoms with Crippen molar-refractivity contribution in [3.05, 3.63) is 200 Å². The van der Waals surface area contributed by atoms with Crippen LogP contribution in [-0.4, -0.2) is 24.1 Å². The average Bonchev–Trinajstić information content (AvgIpc) is 3.84. The van der Waals surface area contributed by atoms with E-state index >= 15 is 0 Å². The summed E-state index contributed by atoms with van der Waals surface area (Å²) in [6, 6.07) is 70.3. The Bertz CT molecular complexity index is 3660. The number of nitrogens with zero attached hydrogens (tertiary/aromatic N) is 5. The first-order valence-corrected chi connectivity index (χ1v) is 20.5. The molecule has 0 N–H and O–H groups in total. The van der Waals surface area contributed by atoms with Crippen LogP contribution in [0.5, 0.6) is 11.5 Å². The minimum absolute atomic E-state index is 0.576. The van der Waals surface area contributed by atoms with Gasteiger partial charge in [-0.1, -0.05) is 146 Å². The number of hydrogen-bond donors (Lipinski definition) is 0. The summed E-state index contributed by atoms with van der Waals surface area (Å²) >= 11 is 0. The van der Waals surface area contributed by atoms with Crippen LogP contribution in [0.3, 0.4) is 0 Å². The van der Waals surface area contributed by atoms with Gasteiger partial charge in [-0.25, -0.2) is 4.98 Å². The van der Waals surface area contributed by atoms with Crippen LogP contribution in [-0.2, 0) is 0 Å². The molecule has 0 spiro atoms. The molecular weight excluding hydrogens is 747 g/mol. The zero-order chi connectivity index (χ0) is 40.0. The van der Waals surface area contributed by atoms with Crippen molar-refractivity contribution in [2.75, 3.05) is 0 Å². The number of benzene rings is 9. The van der Waals surface area contributed by atoms with E-state index in [9.17, 15) is 0 Å². The molecule has 1 aliphatic heterocycles. The maximum atomic E-state index is 6.68. The lowest BCUT2D eigenvalue weighted by atomic mass is 9.92. The van der Waals surface area contributed by atoms with Gasteiger partial charge in [-0.05, 0) is 70.6 Å². The number of fused-ring (bicyclic) bond motifs is 9. The van der Waals surface area contributed by atoms with Crippen LogP contribution in [0.4, 0.5) is 0 Å². The van der Waals surface area contributed by atoms with Gasteiger partial charge in [0.15, 0.2) is 11.6 Å². The van der Waals surface area contributed by atoms with Crippen LogP contribution in [0.2, 0.25) is 0 Å². The molecule has 0 amide bonds. The molecule has 0 aliphatic carbocycles. The summed E-state index contributed by atoms with van der Waals surface area (Å²) in [6.07, 6.45) is 0. The van der Waals surface area contributed by atoms with Gasteiger partial charge < -0.3 is 9.30 Å². The van der Waals surface area contributed by atoms with Crippen LogP contribution in [0.1, 0.15) is 0 Å². The van der Waals surface area contributed by atoms with Crippen molar-refractivity contribution < 1.29 is 4.74 Å². The smallest absolute Gasteiger partial charge is 0.238 e. The third-order valence-corrected chi connectivity index (χ3v) is 12.2. The average molecular weight is 780 g/mol. The number of rotatable bonds is 5. The molecule has 9 aromatic carbocycles. The molecule has 1 aliphatic rings. The standard InChI is InChI=1S/C55H33N5O/c1-4-15-34(16-5-1)53-56-54(35-17-6-2-7-18-35)58-55(57-53)60-45-25-12-10-21-39(45)43-31-36(27-29-46(43)60)37-28-30-47-44(32-37)51-42-24-14-23-41-40-22-11-13-26-49(40)61-50(52(41)42)33-48(51)59(47)38-19-8-3-9-20-38/h1-33H. The van der Waals surface area contributed by atoms with Gasteiger partial charge in [0.05, 0.1) is 22.1 Å². The fourth-order valence-electron chi connectivity index (χ4n) is 9.45. The molecule has 0 bridgehead atoms. The highest BCUT2D eigenvalue weighted by molar-refractivity contribution is 6.26. The lowest BCUT2D eigenvalue weighted by Gasteiger charge is -2.22. The highest BCUT2D eigenvalue weighted by Crippen LogP contribution is 2.51. The van der Waals surface area contributed by atoms with Gasteiger partial charge in [0.2, 0.25) is 5.95 Å². The SMILES string of the molecule is c1ccc(-c2nc(-c3ccccc3)nc(-n3c4ccccc4c4cc(-c5ccc6c(c5)c5c7cccc8c7c(cc5n6-c5ccccc5)Oc5ccccc5-8)ccc43)n2)cc1. The van der Waals surface area contributed by atoms with E-state index in [0.29, 0.717) is 17.6 Å². The highest BCUT2D eigenvalue weighted by Gasteiger charge is 2.25. The maximum Gasteiger partial charge on any atom is 0.238 e. The van der Waals surface area contributed by atoms with Crippen molar-refractivity contribution >= 4 is 54.4 Å². The van der Waals surface area contributed by atoms with Gasteiger partial charge in [-0.2, -0.15) is 9.97 Å². The van der Waals surface area contributed by atoms with Gasteiger partial charge in [-0.3, -0.25) is 4.57 Å². The monoisotopic (exact) mass is 779 g/mol. The van der Waals surface area contributed by atoms with Gasteiger partial charge in [0.1, 0.15) is 11.5 Å². The van der Waals surface area contributed by atoms with E-state index < -0.39 is 0 Å². The third kappa shape index (κ3) is 5.12. The summed E-state index contributed by atoms with van der Waals surface area (Å²) in [5.74, 6) is 3.59. The Morgan fingerprint density at radius 3 is 1.64 bits per heavy atom. The van der Waals surface area contributed by atoms with E-state index in [-0.39, 0.29) is 0 Å². The quantitative estimate of drug-likeness (QED) is 0.175. The molecule has 6 nitrogen and oxygen atoms in total. The Labute approximate surface area is 350 Å². The van der Waals surface area contributed by atoms with Gasteiger partial charge in [0.25, 0.3) is 0 Å². The van der Waals surface area contributed by atoms with Crippen molar-refractivity contribution in [3.63, 3.8) is 0 Å². The maximum absolute atomic E-state index is 6.68. The first-order chi connectivity index (χ1) is 30.2. The summed E-state index contributed by atoms with van der Waals surface area (Å²) in [4.78, 5) is 15.2. The van der Waals surface area contributed by atoms with Gasteiger partial charge in [-0.15, -0.1) is 0 Å². The van der Waals surface area contributed by atoms with Crippen molar-refractivity contribution in [2.24, 2.45) is 0 Å². The van der Waals surface area contributed by atoms with E-state index in [0.717, 1.165) is 83.2 Å². The van der Waals surface area contributed by atoms with Crippen LogP contribution in [0.15, 0.2) is 200 Å². The Morgan fingerprint density at radius 1 is 0.328 bits per heavy atom. The fraction of sp³-hybridized carbons (Fsp3) is 0. The van der Waals surface area contributed by atoms with Crippen LogP contribution in [0, 0.1) is 0 Å². The first kappa shape index (κ1) is 33.6. The Morgan fingerprint density at radius 2 is 0.902 bits per heavy atom. The van der Waals surface area contributed by atoms with Crippen LogP contribution >= 0.6 is 0 Å². The molecular formula is C55H33N5O. The van der Waals surface area contributed by atoms with E-state index in [1.165, 1.54) is 21.7 Å². The Kier molecular flexibility index (Phi) is 7.21. The predicted octanol–water partition coefficient (Wildman–Crippen LogP) is 14.0. The molecule has 0 fully saturated rings. The van der Waals surface area contributed by atoms with Crippen molar-refractivity contribution in [2.45, 2.75) is 0 Å². The molecule has 0 saturated carbocycles. The van der Waals surface area contributed by atoms with E-state index in [1.54, 1.807) is 0 Å².